The molecule has 2 aliphatic rings. The van der Waals surface area contributed by atoms with Gasteiger partial charge in [0.05, 0.1) is 0 Å². The lowest BCUT2D eigenvalue weighted by molar-refractivity contribution is -0.148. The van der Waals surface area contributed by atoms with E-state index in [1.54, 1.807) is 14.0 Å². The van der Waals surface area contributed by atoms with Crippen molar-refractivity contribution < 1.29 is 19.2 Å². The maximum absolute atomic E-state index is 12.1. The summed E-state index contributed by atoms with van der Waals surface area (Å²) in [4.78, 5) is 49.1. The molecule has 5 amide bonds. The number of imide groups is 2. The summed E-state index contributed by atoms with van der Waals surface area (Å²) < 4.78 is 0. The van der Waals surface area contributed by atoms with E-state index >= 15 is 0 Å². The molecule has 2 fully saturated rings. The molecule has 2 rings (SSSR count). The minimum Gasteiger partial charge on any atom is -0.344 e. The van der Waals surface area contributed by atoms with Gasteiger partial charge in [-0.15, -0.1) is 0 Å². The zero-order valence-corrected chi connectivity index (χ0v) is 10.4. The van der Waals surface area contributed by atoms with E-state index < -0.39 is 23.3 Å². The van der Waals surface area contributed by atoms with Crippen LogP contribution in [0.5, 0.6) is 0 Å². The van der Waals surface area contributed by atoms with Crippen LogP contribution in [0.3, 0.4) is 0 Å². The Balaban J connectivity index is 2.13. The lowest BCUT2D eigenvalue weighted by Gasteiger charge is -2.30. The fourth-order valence-electron chi connectivity index (χ4n) is 1.87. The number of barbiturate groups is 1. The molecule has 0 aromatic carbocycles. The van der Waals surface area contributed by atoms with Crippen LogP contribution in [0.4, 0.5) is 4.79 Å². The third-order valence-electron chi connectivity index (χ3n) is 3.50. The first-order valence-corrected chi connectivity index (χ1v) is 5.83. The van der Waals surface area contributed by atoms with Crippen molar-refractivity contribution in [2.75, 3.05) is 20.1 Å². The number of nitrogens with one attached hydrogen (secondary N) is 1. The minimum atomic E-state index is -1.08. The normalized spacial score (nSPS) is 21.0. The highest BCUT2D eigenvalue weighted by Gasteiger charge is 2.62. The van der Waals surface area contributed by atoms with E-state index in [4.69, 9.17) is 0 Å². The number of nitrogens with zero attached hydrogens (tertiary/aromatic N) is 2. The first-order valence-electron chi connectivity index (χ1n) is 5.83. The fourth-order valence-corrected chi connectivity index (χ4v) is 1.87. The molecule has 7 nitrogen and oxygen atoms in total. The van der Waals surface area contributed by atoms with Crippen LogP contribution in [0.2, 0.25) is 0 Å². The van der Waals surface area contributed by atoms with Gasteiger partial charge < -0.3 is 4.90 Å². The molecule has 1 saturated heterocycles. The molecule has 0 radical (unpaired) electrons. The molecule has 0 aromatic rings. The number of urea groups is 1. The van der Waals surface area contributed by atoms with Crippen molar-refractivity contribution in [3.63, 3.8) is 0 Å². The van der Waals surface area contributed by atoms with Crippen molar-refractivity contribution >= 4 is 23.8 Å². The Kier molecular flexibility index (Phi) is 2.84. The molecule has 0 unspecified atom stereocenters. The van der Waals surface area contributed by atoms with Crippen molar-refractivity contribution in [1.82, 2.24) is 15.1 Å². The maximum Gasteiger partial charge on any atom is 0.331 e. The highest BCUT2D eigenvalue weighted by molar-refractivity contribution is 6.21. The van der Waals surface area contributed by atoms with Gasteiger partial charge in [-0.3, -0.25) is 24.6 Å². The second-order valence-electron chi connectivity index (χ2n) is 4.64. The second-order valence-corrected chi connectivity index (χ2v) is 4.64. The van der Waals surface area contributed by atoms with E-state index in [1.807, 2.05) is 0 Å². The molecule has 1 spiro atoms. The molecular weight excluding hydrogens is 238 g/mol. The van der Waals surface area contributed by atoms with Crippen LogP contribution < -0.4 is 5.32 Å². The second kappa shape index (κ2) is 4.08. The van der Waals surface area contributed by atoms with Gasteiger partial charge in [0.1, 0.15) is 12.0 Å². The molecule has 1 saturated carbocycles. The third-order valence-corrected chi connectivity index (χ3v) is 3.50. The first-order chi connectivity index (χ1) is 8.42. The van der Waals surface area contributed by atoms with Crippen molar-refractivity contribution in [3.8, 4) is 0 Å². The molecule has 18 heavy (non-hydrogen) atoms. The highest BCUT2D eigenvalue weighted by Crippen LogP contribution is 2.48. The Morgan fingerprint density at radius 3 is 2.50 bits per heavy atom. The number of amides is 5. The van der Waals surface area contributed by atoms with Crippen molar-refractivity contribution in [2.45, 2.75) is 19.8 Å². The van der Waals surface area contributed by atoms with Gasteiger partial charge in [0.2, 0.25) is 17.7 Å². The minimum absolute atomic E-state index is 0.315. The van der Waals surface area contributed by atoms with Crippen LogP contribution in [0.1, 0.15) is 19.8 Å². The Bertz CT molecular complexity index is 442. The average molecular weight is 253 g/mol. The van der Waals surface area contributed by atoms with Crippen LogP contribution in [-0.4, -0.2) is 53.7 Å². The van der Waals surface area contributed by atoms with Crippen molar-refractivity contribution in [3.05, 3.63) is 0 Å². The predicted molar refractivity (Wildman–Crippen MR) is 60.2 cm³/mol. The molecule has 1 heterocycles. The summed E-state index contributed by atoms with van der Waals surface area (Å²) in [5.41, 5.74) is -1.08. The number of hydrogen-bond acceptors (Lipinski definition) is 4. The average Bonchev–Trinajstić information content (AvgIpc) is 3.13. The summed E-state index contributed by atoms with van der Waals surface area (Å²) in [5, 5.41) is 2.13. The zero-order valence-electron chi connectivity index (χ0n) is 10.4. The Labute approximate surface area is 104 Å². The van der Waals surface area contributed by atoms with Gasteiger partial charge in [-0.2, -0.15) is 0 Å². The smallest absolute Gasteiger partial charge is 0.331 e. The van der Waals surface area contributed by atoms with Crippen molar-refractivity contribution in [2.24, 2.45) is 5.41 Å². The first kappa shape index (κ1) is 12.5. The van der Waals surface area contributed by atoms with Crippen LogP contribution in [0, 0.1) is 5.41 Å². The lowest BCUT2D eigenvalue weighted by atomic mass is 10.0. The van der Waals surface area contributed by atoms with Gasteiger partial charge in [-0.25, -0.2) is 4.79 Å². The molecule has 98 valence electrons. The summed E-state index contributed by atoms with van der Waals surface area (Å²) in [7, 11) is 1.59. The molecule has 1 aliphatic carbocycles. The van der Waals surface area contributed by atoms with Crippen LogP contribution in [0.15, 0.2) is 0 Å². The van der Waals surface area contributed by atoms with E-state index in [0.29, 0.717) is 19.4 Å². The Hall–Kier alpha value is -1.92. The number of rotatable bonds is 3. The van der Waals surface area contributed by atoms with Gasteiger partial charge in [-0.1, -0.05) is 0 Å². The molecule has 0 bridgehead atoms. The van der Waals surface area contributed by atoms with Crippen LogP contribution in [-0.2, 0) is 14.4 Å². The van der Waals surface area contributed by atoms with Gasteiger partial charge in [-0.05, 0) is 19.8 Å². The zero-order chi connectivity index (χ0) is 13.5. The summed E-state index contributed by atoms with van der Waals surface area (Å²) in [6, 6.07) is -0.805. The number of likely N-dealkylation sites (N-methyl/N-ethyl adjacent to an activating group) is 1. The van der Waals surface area contributed by atoms with E-state index in [0.717, 1.165) is 4.90 Å². The summed E-state index contributed by atoms with van der Waals surface area (Å²) in [6.45, 7) is 1.97. The molecule has 7 heteroatoms. The van der Waals surface area contributed by atoms with Gasteiger partial charge in [0.25, 0.3) is 0 Å². The van der Waals surface area contributed by atoms with E-state index in [9.17, 15) is 19.2 Å². The standard InChI is InChI=1S/C11H15N3O4/c1-3-13(2)7(15)6-14-9(17)11(4-5-11)8(16)12-10(14)18/h3-6H2,1-2H3,(H,12,16,18). The largest absolute Gasteiger partial charge is 0.344 e. The summed E-state index contributed by atoms with van der Waals surface area (Å²) in [5.74, 6) is -1.41. The van der Waals surface area contributed by atoms with Gasteiger partial charge >= 0.3 is 6.03 Å². The lowest BCUT2D eigenvalue weighted by Crippen LogP contribution is -2.60. The van der Waals surface area contributed by atoms with Gasteiger partial charge in [0.15, 0.2) is 0 Å². The Morgan fingerprint density at radius 1 is 1.39 bits per heavy atom. The van der Waals surface area contributed by atoms with Gasteiger partial charge in [0, 0.05) is 13.6 Å². The molecule has 0 aromatic heterocycles. The number of carbonyl (C=O) groups is 4. The third kappa shape index (κ3) is 1.75. The van der Waals surface area contributed by atoms with Crippen LogP contribution in [0.25, 0.3) is 0 Å². The monoisotopic (exact) mass is 253 g/mol. The Morgan fingerprint density at radius 2 is 2.00 bits per heavy atom. The fraction of sp³-hybridized carbons (Fsp3) is 0.636. The van der Waals surface area contributed by atoms with Crippen molar-refractivity contribution in [1.29, 1.82) is 0 Å². The summed E-state index contributed by atoms with van der Waals surface area (Å²) >= 11 is 0. The topological polar surface area (TPSA) is 86.8 Å². The van der Waals surface area contributed by atoms with E-state index in [2.05, 4.69) is 5.32 Å². The molecule has 0 atom stereocenters. The van der Waals surface area contributed by atoms with E-state index in [1.165, 1.54) is 4.90 Å². The molecule has 1 aliphatic heterocycles. The number of hydrogen-bond donors (Lipinski definition) is 1. The SMILES string of the molecule is CCN(C)C(=O)CN1C(=O)NC(=O)C2(CC2)C1=O. The quantitative estimate of drug-likeness (QED) is 0.675. The highest BCUT2D eigenvalue weighted by atomic mass is 16.2. The van der Waals surface area contributed by atoms with Crippen LogP contribution >= 0.6 is 0 Å². The predicted octanol–water partition coefficient (Wildman–Crippen LogP) is -0.677. The summed E-state index contributed by atoms with van der Waals surface area (Å²) in [6.07, 6.45) is 0.887. The van der Waals surface area contributed by atoms with E-state index in [-0.39, 0.29) is 12.5 Å². The molecule has 1 N–H and O–H groups in total. The number of carbonyl (C=O) groups excluding carboxylic acids is 4. The maximum atomic E-state index is 12.1. The molecular formula is C11H15N3O4.